The predicted molar refractivity (Wildman–Crippen MR) is 94.9 cm³/mol. The summed E-state index contributed by atoms with van der Waals surface area (Å²) in [7, 11) is 0. The number of urea groups is 1. The van der Waals surface area contributed by atoms with Crippen LogP contribution in [-0.2, 0) is 0 Å². The van der Waals surface area contributed by atoms with Crippen molar-refractivity contribution in [1.29, 1.82) is 0 Å². The minimum absolute atomic E-state index is 0.0674. The lowest BCUT2D eigenvalue weighted by molar-refractivity contribution is 0.153. The summed E-state index contributed by atoms with van der Waals surface area (Å²) in [6, 6.07) is 10.9. The monoisotopic (exact) mass is 339 g/mol. The second-order valence-corrected chi connectivity index (χ2v) is 7.12. The molecule has 0 unspecified atom stereocenters. The van der Waals surface area contributed by atoms with Gasteiger partial charge in [-0.2, -0.15) is 5.10 Å². The molecule has 2 heterocycles. The smallest absolute Gasteiger partial charge is 0.317 e. The molecule has 2 fully saturated rings. The van der Waals surface area contributed by atoms with Gasteiger partial charge < -0.3 is 10.2 Å². The summed E-state index contributed by atoms with van der Waals surface area (Å²) in [6.45, 7) is 1.53. The Morgan fingerprint density at radius 2 is 1.88 bits per heavy atom. The number of carbonyl (C=O) groups is 1. The van der Waals surface area contributed by atoms with Crippen molar-refractivity contribution in [1.82, 2.24) is 25.0 Å². The van der Waals surface area contributed by atoms with Gasteiger partial charge in [0.15, 0.2) is 0 Å². The van der Waals surface area contributed by atoms with E-state index < -0.39 is 0 Å². The SMILES string of the molecule is O=C(N[C@H](c1ccccc1)C1CCC1)N1CCC(n2cncn2)CC1. The molecule has 1 saturated carbocycles. The van der Waals surface area contributed by atoms with Crippen LogP contribution in [0.2, 0.25) is 0 Å². The lowest BCUT2D eigenvalue weighted by Gasteiger charge is -2.37. The average molecular weight is 339 g/mol. The Bertz CT molecular complexity index is 675. The largest absolute Gasteiger partial charge is 0.331 e. The summed E-state index contributed by atoms with van der Waals surface area (Å²) < 4.78 is 1.91. The summed E-state index contributed by atoms with van der Waals surface area (Å²) in [5.41, 5.74) is 1.22. The topological polar surface area (TPSA) is 63.1 Å². The van der Waals surface area contributed by atoms with Crippen LogP contribution < -0.4 is 5.32 Å². The summed E-state index contributed by atoms with van der Waals surface area (Å²) in [5, 5.41) is 7.53. The van der Waals surface area contributed by atoms with Gasteiger partial charge in [0.25, 0.3) is 0 Å². The fourth-order valence-corrected chi connectivity index (χ4v) is 3.87. The van der Waals surface area contributed by atoms with Gasteiger partial charge in [-0.3, -0.25) is 0 Å². The third kappa shape index (κ3) is 3.52. The van der Waals surface area contributed by atoms with Crippen molar-refractivity contribution in [2.24, 2.45) is 5.92 Å². The summed E-state index contributed by atoms with van der Waals surface area (Å²) in [5.74, 6) is 0.569. The average Bonchev–Trinajstić information content (AvgIpc) is 3.15. The molecule has 1 aliphatic carbocycles. The number of benzene rings is 1. The third-order valence-electron chi connectivity index (χ3n) is 5.62. The van der Waals surface area contributed by atoms with Crippen LogP contribution in [0.15, 0.2) is 43.0 Å². The molecule has 6 heteroatoms. The van der Waals surface area contributed by atoms with E-state index in [4.69, 9.17) is 0 Å². The molecule has 0 bridgehead atoms. The van der Waals surface area contributed by atoms with E-state index in [2.05, 4.69) is 39.7 Å². The Hall–Kier alpha value is -2.37. The number of amides is 2. The van der Waals surface area contributed by atoms with E-state index in [0.717, 1.165) is 25.9 Å². The van der Waals surface area contributed by atoms with Crippen LogP contribution in [-0.4, -0.2) is 38.8 Å². The molecular formula is C19H25N5O. The number of likely N-dealkylation sites (tertiary alicyclic amines) is 1. The van der Waals surface area contributed by atoms with Gasteiger partial charge >= 0.3 is 6.03 Å². The van der Waals surface area contributed by atoms with Crippen molar-refractivity contribution < 1.29 is 4.79 Å². The number of piperidine rings is 1. The molecule has 2 aliphatic rings. The maximum absolute atomic E-state index is 12.8. The van der Waals surface area contributed by atoms with Crippen molar-refractivity contribution >= 4 is 6.03 Å². The number of aromatic nitrogens is 3. The van der Waals surface area contributed by atoms with Gasteiger partial charge in [-0.05, 0) is 37.2 Å². The first-order valence-corrected chi connectivity index (χ1v) is 9.26. The third-order valence-corrected chi connectivity index (χ3v) is 5.62. The fraction of sp³-hybridized carbons (Fsp3) is 0.526. The van der Waals surface area contributed by atoms with Crippen LogP contribution in [0.1, 0.15) is 49.8 Å². The van der Waals surface area contributed by atoms with Crippen LogP contribution in [0.3, 0.4) is 0 Å². The summed E-state index contributed by atoms with van der Waals surface area (Å²) in [6.07, 6.45) is 8.87. The molecular weight excluding hydrogens is 314 g/mol. The Morgan fingerprint density at radius 1 is 1.12 bits per heavy atom. The van der Waals surface area contributed by atoms with Crippen LogP contribution in [0.25, 0.3) is 0 Å². The van der Waals surface area contributed by atoms with Crippen LogP contribution >= 0.6 is 0 Å². The lowest BCUT2D eigenvalue weighted by Crippen LogP contribution is -2.47. The number of nitrogens with zero attached hydrogens (tertiary/aromatic N) is 4. The highest BCUT2D eigenvalue weighted by molar-refractivity contribution is 5.75. The van der Waals surface area contributed by atoms with Crippen molar-refractivity contribution in [2.75, 3.05) is 13.1 Å². The predicted octanol–water partition coefficient (Wildman–Crippen LogP) is 3.17. The Labute approximate surface area is 148 Å². The van der Waals surface area contributed by atoms with Crippen molar-refractivity contribution in [3.63, 3.8) is 0 Å². The number of hydrogen-bond acceptors (Lipinski definition) is 3. The molecule has 132 valence electrons. The van der Waals surface area contributed by atoms with E-state index in [-0.39, 0.29) is 12.1 Å². The Kier molecular flexibility index (Phi) is 4.68. The molecule has 6 nitrogen and oxygen atoms in total. The Balaban J connectivity index is 1.37. The van der Waals surface area contributed by atoms with Crippen LogP contribution in [0.4, 0.5) is 4.79 Å². The minimum Gasteiger partial charge on any atom is -0.331 e. The normalized spacial score (nSPS) is 20.1. The molecule has 4 rings (SSSR count). The molecule has 25 heavy (non-hydrogen) atoms. The molecule has 0 radical (unpaired) electrons. The first-order valence-electron chi connectivity index (χ1n) is 9.26. The zero-order valence-corrected chi connectivity index (χ0v) is 14.4. The van der Waals surface area contributed by atoms with E-state index in [9.17, 15) is 4.79 Å². The van der Waals surface area contributed by atoms with Gasteiger partial charge in [0.2, 0.25) is 0 Å². The van der Waals surface area contributed by atoms with Gasteiger partial charge in [-0.1, -0.05) is 36.8 Å². The molecule has 2 amide bonds. The van der Waals surface area contributed by atoms with Gasteiger partial charge in [0, 0.05) is 13.1 Å². The van der Waals surface area contributed by atoms with Gasteiger partial charge in [-0.25, -0.2) is 14.5 Å². The zero-order chi connectivity index (χ0) is 17.1. The van der Waals surface area contributed by atoms with E-state index in [0.29, 0.717) is 12.0 Å². The quantitative estimate of drug-likeness (QED) is 0.930. The maximum Gasteiger partial charge on any atom is 0.317 e. The van der Waals surface area contributed by atoms with E-state index in [1.807, 2.05) is 15.6 Å². The first-order chi connectivity index (χ1) is 12.3. The molecule has 1 atom stereocenters. The highest BCUT2D eigenvalue weighted by Crippen LogP contribution is 2.37. The number of hydrogen-bond donors (Lipinski definition) is 1. The molecule has 1 aliphatic heterocycles. The molecule has 0 spiro atoms. The number of carbonyl (C=O) groups excluding carboxylic acids is 1. The molecule has 1 aromatic carbocycles. The second-order valence-electron chi connectivity index (χ2n) is 7.12. The Morgan fingerprint density at radius 3 is 2.48 bits per heavy atom. The van der Waals surface area contributed by atoms with Gasteiger partial charge in [-0.15, -0.1) is 0 Å². The highest BCUT2D eigenvalue weighted by atomic mass is 16.2. The molecule has 1 aromatic heterocycles. The van der Waals surface area contributed by atoms with Crippen molar-refractivity contribution in [2.45, 2.75) is 44.2 Å². The van der Waals surface area contributed by atoms with E-state index in [1.165, 1.54) is 24.8 Å². The van der Waals surface area contributed by atoms with E-state index >= 15 is 0 Å². The lowest BCUT2D eigenvalue weighted by atomic mass is 9.77. The molecule has 1 N–H and O–H groups in total. The van der Waals surface area contributed by atoms with Gasteiger partial charge in [0.1, 0.15) is 12.7 Å². The van der Waals surface area contributed by atoms with Gasteiger partial charge in [0.05, 0.1) is 12.1 Å². The molecule has 2 aromatic rings. The summed E-state index contributed by atoms with van der Waals surface area (Å²) in [4.78, 5) is 18.8. The highest BCUT2D eigenvalue weighted by Gasteiger charge is 2.32. The molecule has 1 saturated heterocycles. The van der Waals surface area contributed by atoms with Crippen molar-refractivity contribution in [3.8, 4) is 0 Å². The number of rotatable bonds is 4. The van der Waals surface area contributed by atoms with Crippen LogP contribution in [0, 0.1) is 5.92 Å². The van der Waals surface area contributed by atoms with E-state index in [1.54, 1.807) is 12.7 Å². The zero-order valence-electron chi connectivity index (χ0n) is 14.4. The van der Waals surface area contributed by atoms with Crippen molar-refractivity contribution in [3.05, 3.63) is 48.5 Å². The maximum atomic E-state index is 12.8. The standard InChI is InChI=1S/C19H25N5O/c25-19(23-11-9-17(10-12-23)24-14-20-13-21-24)22-18(16-7-4-8-16)15-5-2-1-3-6-15/h1-3,5-6,13-14,16-18H,4,7-12H2,(H,22,25)/t18-/m1/s1. The fourth-order valence-electron chi connectivity index (χ4n) is 3.87. The number of nitrogens with one attached hydrogen (secondary N) is 1. The first kappa shape index (κ1) is 16.1. The second kappa shape index (κ2) is 7.25. The van der Waals surface area contributed by atoms with Crippen LogP contribution in [0.5, 0.6) is 0 Å². The minimum atomic E-state index is 0.0674. The summed E-state index contributed by atoms with van der Waals surface area (Å²) >= 11 is 0.